The third kappa shape index (κ3) is 1.82. The fraction of sp³-hybridized carbons (Fsp3) is 0.222. The lowest BCUT2D eigenvalue weighted by Crippen LogP contribution is -2.45. The summed E-state index contributed by atoms with van der Waals surface area (Å²) >= 11 is 0. The van der Waals surface area contributed by atoms with E-state index in [0.29, 0.717) is 13.3 Å². The molecule has 0 aliphatic carbocycles. The van der Waals surface area contributed by atoms with Crippen molar-refractivity contribution >= 4 is 12.0 Å². The zero-order valence-corrected chi connectivity index (χ0v) is 7.60. The molecule has 74 valence electrons. The molecule has 14 heavy (non-hydrogen) atoms. The molecule has 2 N–H and O–H groups in total. The van der Waals surface area contributed by atoms with Crippen molar-refractivity contribution in [2.75, 3.05) is 18.2 Å². The molecule has 0 radical (unpaired) electrons. The van der Waals surface area contributed by atoms with Crippen molar-refractivity contribution < 1.29 is 4.39 Å². The first kappa shape index (κ1) is 8.96. The molecule has 1 aliphatic heterocycles. The van der Waals surface area contributed by atoms with Gasteiger partial charge in [-0.1, -0.05) is 6.07 Å². The van der Waals surface area contributed by atoms with Gasteiger partial charge in [0.05, 0.1) is 0 Å². The highest BCUT2D eigenvalue weighted by Gasteiger charge is 2.11. The number of benzene rings is 1. The number of hydrogen-bond acceptors (Lipinski definition) is 4. The smallest absolute Gasteiger partial charge is 0.125 e. The summed E-state index contributed by atoms with van der Waals surface area (Å²) in [6.07, 6.45) is 1.57. The number of nitrogens with two attached hydrogens (primary N) is 1. The molecule has 5 heteroatoms. The summed E-state index contributed by atoms with van der Waals surface area (Å²) in [4.78, 5) is 5.90. The van der Waals surface area contributed by atoms with Gasteiger partial charge in [0.25, 0.3) is 0 Å². The number of halogens is 1. The van der Waals surface area contributed by atoms with E-state index in [-0.39, 0.29) is 5.82 Å². The lowest BCUT2D eigenvalue weighted by atomic mass is 10.3. The number of hydrazine groups is 1. The highest BCUT2D eigenvalue weighted by Crippen LogP contribution is 2.16. The van der Waals surface area contributed by atoms with Crippen molar-refractivity contribution in [1.29, 1.82) is 0 Å². The number of nitrogens with zero attached hydrogens (tertiary/aromatic N) is 3. The fourth-order valence-electron chi connectivity index (χ4n) is 1.35. The number of hydrogen-bond donors (Lipinski definition) is 1. The van der Waals surface area contributed by atoms with Crippen molar-refractivity contribution in [3.05, 3.63) is 30.1 Å². The molecule has 1 aromatic carbocycles. The van der Waals surface area contributed by atoms with Crippen LogP contribution in [0.15, 0.2) is 29.3 Å². The largest absolute Gasteiger partial charge is 0.333 e. The maximum atomic E-state index is 12.9. The molecule has 0 saturated heterocycles. The van der Waals surface area contributed by atoms with Crippen LogP contribution in [-0.4, -0.2) is 24.7 Å². The van der Waals surface area contributed by atoms with Crippen LogP contribution in [-0.2, 0) is 0 Å². The molecule has 1 aliphatic rings. The summed E-state index contributed by atoms with van der Waals surface area (Å²) in [7, 11) is 0. The molecule has 1 aromatic rings. The predicted octanol–water partition coefficient (Wildman–Crippen LogP) is 0.765. The van der Waals surface area contributed by atoms with Crippen LogP contribution in [0.5, 0.6) is 0 Å². The van der Waals surface area contributed by atoms with Crippen LogP contribution < -0.4 is 10.7 Å². The van der Waals surface area contributed by atoms with Crippen LogP contribution >= 0.6 is 0 Å². The first-order valence-electron chi connectivity index (χ1n) is 4.27. The molecule has 0 amide bonds. The van der Waals surface area contributed by atoms with Crippen LogP contribution in [0.25, 0.3) is 0 Å². The molecular weight excluding hydrogens is 183 g/mol. The monoisotopic (exact) mass is 194 g/mol. The van der Waals surface area contributed by atoms with Crippen LogP contribution in [0, 0.1) is 5.82 Å². The molecule has 4 nitrogen and oxygen atoms in total. The minimum absolute atomic E-state index is 0.249. The summed E-state index contributed by atoms with van der Waals surface area (Å²) in [6.45, 7) is 1.03. The lowest BCUT2D eigenvalue weighted by Gasteiger charge is -2.30. The van der Waals surface area contributed by atoms with Crippen molar-refractivity contribution in [1.82, 2.24) is 5.01 Å². The summed E-state index contributed by atoms with van der Waals surface area (Å²) in [5.41, 5.74) is 0.789. The summed E-state index contributed by atoms with van der Waals surface area (Å²) in [5.74, 6) is 5.30. The van der Waals surface area contributed by atoms with Crippen LogP contribution in [0.3, 0.4) is 0 Å². The van der Waals surface area contributed by atoms with E-state index in [0.717, 1.165) is 5.69 Å². The van der Waals surface area contributed by atoms with Gasteiger partial charge in [-0.05, 0) is 18.2 Å². The van der Waals surface area contributed by atoms with Gasteiger partial charge in [-0.15, -0.1) is 0 Å². The lowest BCUT2D eigenvalue weighted by molar-refractivity contribution is 0.425. The van der Waals surface area contributed by atoms with Crippen LogP contribution in [0.1, 0.15) is 0 Å². The van der Waals surface area contributed by atoms with E-state index in [1.807, 2.05) is 11.0 Å². The van der Waals surface area contributed by atoms with E-state index in [1.165, 1.54) is 17.1 Å². The average Bonchev–Trinajstić information content (AvgIpc) is 2.18. The molecule has 0 spiro atoms. The predicted molar refractivity (Wildman–Crippen MR) is 53.1 cm³/mol. The van der Waals surface area contributed by atoms with Crippen molar-refractivity contribution in [3.63, 3.8) is 0 Å². The van der Waals surface area contributed by atoms with E-state index >= 15 is 0 Å². The standard InChI is InChI=1S/C9H11FN4/c10-8-2-1-3-9(4-8)13-5-12-6-14(11)7-13/h1-4,6H,5,7,11H2. The normalized spacial score (nSPS) is 16.1. The first-order chi connectivity index (χ1) is 6.75. The van der Waals surface area contributed by atoms with Crippen molar-refractivity contribution in [3.8, 4) is 0 Å². The maximum Gasteiger partial charge on any atom is 0.125 e. The van der Waals surface area contributed by atoms with E-state index < -0.39 is 0 Å². The second-order valence-corrected chi connectivity index (χ2v) is 3.11. The highest BCUT2D eigenvalue weighted by atomic mass is 19.1. The number of anilines is 1. The Morgan fingerprint density at radius 1 is 1.43 bits per heavy atom. The Hall–Kier alpha value is -1.62. The Balaban J connectivity index is 2.19. The molecule has 0 bridgehead atoms. The van der Waals surface area contributed by atoms with Gasteiger partial charge in [0.2, 0.25) is 0 Å². The molecule has 0 atom stereocenters. The Morgan fingerprint density at radius 2 is 2.29 bits per heavy atom. The molecule has 2 rings (SSSR count). The second-order valence-electron chi connectivity index (χ2n) is 3.11. The SMILES string of the molecule is NN1C=NCN(c2cccc(F)c2)C1. The fourth-order valence-corrected chi connectivity index (χ4v) is 1.35. The summed E-state index contributed by atoms with van der Waals surface area (Å²) < 4.78 is 12.9. The van der Waals surface area contributed by atoms with Crippen LogP contribution in [0.2, 0.25) is 0 Å². The van der Waals surface area contributed by atoms with Gasteiger partial charge in [-0.2, -0.15) is 0 Å². The Morgan fingerprint density at radius 3 is 3.00 bits per heavy atom. The first-order valence-corrected chi connectivity index (χ1v) is 4.27. The topological polar surface area (TPSA) is 44.9 Å². The Bertz CT molecular complexity index is 352. The zero-order chi connectivity index (χ0) is 9.97. The number of rotatable bonds is 1. The van der Waals surface area contributed by atoms with E-state index in [9.17, 15) is 4.39 Å². The molecular formula is C9H11FN4. The minimum Gasteiger partial charge on any atom is -0.333 e. The van der Waals surface area contributed by atoms with Gasteiger partial charge < -0.3 is 4.90 Å². The van der Waals surface area contributed by atoms with Gasteiger partial charge in [0.15, 0.2) is 0 Å². The third-order valence-electron chi connectivity index (χ3n) is 1.99. The Labute approximate surface area is 81.4 Å². The quantitative estimate of drug-likeness (QED) is 0.671. The van der Waals surface area contributed by atoms with Crippen molar-refractivity contribution in [2.24, 2.45) is 10.8 Å². The van der Waals surface area contributed by atoms with Crippen LogP contribution in [0.4, 0.5) is 10.1 Å². The van der Waals surface area contributed by atoms with Crippen molar-refractivity contribution in [2.45, 2.75) is 0 Å². The maximum absolute atomic E-state index is 12.9. The highest BCUT2D eigenvalue weighted by molar-refractivity contribution is 5.58. The van der Waals surface area contributed by atoms with Gasteiger partial charge in [0.1, 0.15) is 25.5 Å². The van der Waals surface area contributed by atoms with Gasteiger partial charge in [-0.3, -0.25) is 10.0 Å². The number of aliphatic imine (C=N–C) groups is 1. The molecule has 0 saturated carbocycles. The zero-order valence-electron chi connectivity index (χ0n) is 7.60. The molecule has 0 aromatic heterocycles. The molecule has 0 unspecified atom stereocenters. The minimum atomic E-state index is -0.249. The van der Waals surface area contributed by atoms with Gasteiger partial charge >= 0.3 is 0 Å². The van der Waals surface area contributed by atoms with E-state index in [4.69, 9.17) is 5.84 Å². The summed E-state index contributed by atoms with van der Waals surface area (Å²) in [5, 5.41) is 1.45. The molecule has 1 heterocycles. The second kappa shape index (κ2) is 3.63. The third-order valence-corrected chi connectivity index (χ3v) is 1.99. The van der Waals surface area contributed by atoms with Gasteiger partial charge in [-0.25, -0.2) is 10.2 Å². The molecule has 0 fully saturated rings. The van der Waals surface area contributed by atoms with Gasteiger partial charge in [0, 0.05) is 5.69 Å². The average molecular weight is 194 g/mol. The Kier molecular flexibility index (Phi) is 2.32. The van der Waals surface area contributed by atoms with E-state index in [1.54, 1.807) is 12.4 Å². The summed E-state index contributed by atoms with van der Waals surface area (Å²) in [6, 6.07) is 6.38. The van der Waals surface area contributed by atoms with E-state index in [2.05, 4.69) is 4.99 Å².